The third-order valence-electron chi connectivity index (χ3n) is 4.24. The first-order valence-electron chi connectivity index (χ1n) is 6.67. The zero-order valence-electron chi connectivity index (χ0n) is 11.0. The molecule has 1 saturated carbocycles. The van der Waals surface area contributed by atoms with Crippen LogP contribution in [0.4, 0.5) is 0 Å². The van der Waals surface area contributed by atoms with Crippen molar-refractivity contribution in [3.05, 3.63) is 66.2 Å². The molecule has 3 atom stereocenters. The number of benzene rings is 2. The highest BCUT2D eigenvalue weighted by molar-refractivity contribution is 8.00. The van der Waals surface area contributed by atoms with Crippen LogP contribution in [-0.2, 0) is 5.41 Å². The lowest BCUT2D eigenvalue weighted by atomic mass is 9.95. The minimum Gasteiger partial charge on any atom is -0.395 e. The number of hydrogen-bond donors (Lipinski definition) is 1. The molecule has 0 heterocycles. The molecule has 0 bridgehead atoms. The zero-order valence-corrected chi connectivity index (χ0v) is 11.8. The van der Waals surface area contributed by atoms with E-state index in [9.17, 15) is 5.11 Å². The quantitative estimate of drug-likeness (QED) is 0.913. The third kappa shape index (κ3) is 2.09. The van der Waals surface area contributed by atoms with E-state index < -0.39 is 0 Å². The largest absolute Gasteiger partial charge is 0.395 e. The van der Waals surface area contributed by atoms with E-state index in [0.717, 1.165) is 0 Å². The topological polar surface area (TPSA) is 20.2 Å². The Kier molecular flexibility index (Phi) is 3.38. The first-order chi connectivity index (χ1) is 9.29. The molecule has 0 saturated heterocycles. The maximum Gasteiger partial charge on any atom is 0.0541 e. The van der Waals surface area contributed by atoms with Crippen LogP contribution >= 0.6 is 11.8 Å². The highest BCUT2D eigenvalue weighted by Crippen LogP contribution is 2.61. The van der Waals surface area contributed by atoms with Crippen molar-refractivity contribution in [2.45, 2.75) is 22.5 Å². The van der Waals surface area contributed by atoms with E-state index in [0.29, 0.717) is 11.2 Å². The van der Waals surface area contributed by atoms with Crippen molar-refractivity contribution >= 4 is 11.8 Å². The van der Waals surface area contributed by atoms with E-state index >= 15 is 0 Å². The Bertz CT molecular complexity index is 540. The van der Waals surface area contributed by atoms with E-state index in [1.54, 1.807) is 0 Å². The van der Waals surface area contributed by atoms with E-state index in [2.05, 4.69) is 55.5 Å². The van der Waals surface area contributed by atoms with Gasteiger partial charge in [0, 0.05) is 15.6 Å². The number of aliphatic hydroxyl groups excluding tert-OH is 1. The molecular weight excluding hydrogens is 252 g/mol. The van der Waals surface area contributed by atoms with Gasteiger partial charge in [-0.1, -0.05) is 55.5 Å². The molecule has 2 heteroatoms. The second kappa shape index (κ2) is 5.03. The zero-order chi connectivity index (χ0) is 13.3. The van der Waals surface area contributed by atoms with Crippen LogP contribution in [0.15, 0.2) is 65.6 Å². The molecule has 0 unspecified atom stereocenters. The molecule has 0 amide bonds. The maximum absolute atomic E-state index is 9.92. The van der Waals surface area contributed by atoms with Crippen molar-refractivity contribution in [1.29, 1.82) is 0 Å². The van der Waals surface area contributed by atoms with Gasteiger partial charge in [0.25, 0.3) is 0 Å². The lowest BCUT2D eigenvalue weighted by Crippen LogP contribution is -2.17. The molecule has 3 rings (SSSR count). The summed E-state index contributed by atoms with van der Waals surface area (Å²) in [5.41, 5.74) is 1.19. The predicted octanol–water partition coefficient (Wildman–Crippen LogP) is 3.73. The van der Waals surface area contributed by atoms with Crippen LogP contribution in [0.25, 0.3) is 0 Å². The molecule has 2 aromatic rings. The Labute approximate surface area is 118 Å². The second-order valence-electron chi connectivity index (χ2n) is 5.20. The molecule has 1 aliphatic rings. The Morgan fingerprint density at radius 3 is 2.16 bits per heavy atom. The molecular formula is C17H18OS. The Morgan fingerprint density at radius 1 is 1.00 bits per heavy atom. The fourth-order valence-electron chi connectivity index (χ4n) is 2.94. The van der Waals surface area contributed by atoms with Crippen molar-refractivity contribution in [2.75, 3.05) is 6.61 Å². The normalized spacial score (nSPS) is 29.2. The van der Waals surface area contributed by atoms with Crippen LogP contribution in [0.2, 0.25) is 0 Å². The lowest BCUT2D eigenvalue weighted by molar-refractivity contribution is 0.247. The van der Waals surface area contributed by atoms with Gasteiger partial charge >= 0.3 is 0 Å². The van der Waals surface area contributed by atoms with Crippen molar-refractivity contribution in [3.8, 4) is 0 Å². The molecule has 0 aliphatic heterocycles. The van der Waals surface area contributed by atoms with Crippen molar-refractivity contribution in [2.24, 2.45) is 5.92 Å². The average Bonchev–Trinajstić information content (AvgIpc) is 3.05. The Morgan fingerprint density at radius 2 is 1.58 bits per heavy atom. The van der Waals surface area contributed by atoms with Crippen LogP contribution in [0.5, 0.6) is 0 Å². The first-order valence-corrected chi connectivity index (χ1v) is 7.55. The summed E-state index contributed by atoms with van der Waals surface area (Å²) in [5.74, 6) is 0.505. The maximum atomic E-state index is 9.92. The van der Waals surface area contributed by atoms with Crippen molar-refractivity contribution in [1.82, 2.24) is 0 Å². The van der Waals surface area contributed by atoms with Gasteiger partial charge in [0.15, 0.2) is 0 Å². The van der Waals surface area contributed by atoms with Gasteiger partial charge in [0.05, 0.1) is 6.61 Å². The number of thioether (sulfide) groups is 1. The smallest absolute Gasteiger partial charge is 0.0541 e. The number of aliphatic hydroxyl groups is 1. The molecule has 1 aliphatic carbocycles. The molecule has 0 aromatic heterocycles. The first kappa shape index (κ1) is 12.8. The highest BCUT2D eigenvalue weighted by atomic mass is 32.2. The summed E-state index contributed by atoms with van der Waals surface area (Å²) in [4.78, 5) is 1.28. The van der Waals surface area contributed by atoms with E-state index in [1.807, 2.05) is 23.9 Å². The molecule has 2 aromatic carbocycles. The summed E-state index contributed by atoms with van der Waals surface area (Å²) < 4.78 is 0. The molecule has 1 fully saturated rings. The highest BCUT2D eigenvalue weighted by Gasteiger charge is 2.62. The molecule has 19 heavy (non-hydrogen) atoms. The van der Waals surface area contributed by atoms with Crippen LogP contribution in [0.1, 0.15) is 12.5 Å². The van der Waals surface area contributed by atoms with Gasteiger partial charge in [0.2, 0.25) is 0 Å². The molecule has 1 nitrogen and oxygen atoms in total. The summed E-state index contributed by atoms with van der Waals surface area (Å²) in [5, 5.41) is 10.4. The average molecular weight is 270 g/mol. The van der Waals surface area contributed by atoms with Crippen LogP contribution in [-0.4, -0.2) is 17.0 Å². The monoisotopic (exact) mass is 270 g/mol. The number of rotatable bonds is 4. The summed E-state index contributed by atoms with van der Waals surface area (Å²) in [7, 11) is 0. The summed E-state index contributed by atoms with van der Waals surface area (Å²) in [6.45, 7) is 2.46. The van der Waals surface area contributed by atoms with E-state index in [-0.39, 0.29) is 12.0 Å². The molecule has 1 N–H and O–H groups in total. The van der Waals surface area contributed by atoms with Gasteiger partial charge in [-0.15, -0.1) is 11.8 Å². The lowest BCUT2D eigenvalue weighted by Gasteiger charge is -2.15. The molecule has 98 valence electrons. The van der Waals surface area contributed by atoms with Crippen molar-refractivity contribution < 1.29 is 5.11 Å². The van der Waals surface area contributed by atoms with Gasteiger partial charge in [-0.2, -0.15) is 0 Å². The summed E-state index contributed by atoms with van der Waals surface area (Å²) in [6, 6.07) is 20.9. The van der Waals surface area contributed by atoms with Crippen LogP contribution in [0, 0.1) is 5.92 Å². The molecule has 0 spiro atoms. The standard InChI is InChI=1S/C17H18OS/c1-13-16(19-15-10-6-3-7-11-15)17(13,12-18)14-8-4-2-5-9-14/h2-11,13,16,18H,12H2,1H3/t13-,16+,17-/m1/s1. The fraction of sp³-hybridized carbons (Fsp3) is 0.294. The van der Waals surface area contributed by atoms with Gasteiger partial charge < -0.3 is 5.11 Å². The fourth-order valence-corrected chi connectivity index (χ4v) is 4.55. The SMILES string of the molecule is C[C@@H]1[C@H](Sc2ccccc2)[C@@]1(CO)c1ccccc1. The van der Waals surface area contributed by atoms with Gasteiger partial charge in [-0.05, 0) is 23.6 Å². The minimum atomic E-state index is -0.0677. The van der Waals surface area contributed by atoms with Crippen LogP contribution < -0.4 is 0 Å². The Balaban J connectivity index is 1.85. The second-order valence-corrected chi connectivity index (χ2v) is 6.42. The minimum absolute atomic E-state index is 0.0677. The third-order valence-corrected chi connectivity index (χ3v) is 5.87. The Hall–Kier alpha value is -1.25. The van der Waals surface area contributed by atoms with E-state index in [1.165, 1.54) is 10.5 Å². The van der Waals surface area contributed by atoms with Gasteiger partial charge in [-0.3, -0.25) is 0 Å². The number of hydrogen-bond acceptors (Lipinski definition) is 2. The predicted molar refractivity (Wildman–Crippen MR) is 80.5 cm³/mol. The van der Waals surface area contributed by atoms with E-state index in [4.69, 9.17) is 0 Å². The van der Waals surface area contributed by atoms with Gasteiger partial charge in [-0.25, -0.2) is 0 Å². The van der Waals surface area contributed by atoms with Crippen molar-refractivity contribution in [3.63, 3.8) is 0 Å². The molecule has 0 radical (unpaired) electrons. The van der Waals surface area contributed by atoms with Gasteiger partial charge in [0.1, 0.15) is 0 Å². The summed E-state index contributed by atoms with van der Waals surface area (Å²) in [6.07, 6.45) is 0. The summed E-state index contributed by atoms with van der Waals surface area (Å²) >= 11 is 1.88. The van der Waals surface area contributed by atoms with Crippen LogP contribution in [0.3, 0.4) is 0 Å².